The van der Waals surface area contributed by atoms with E-state index in [4.69, 9.17) is 28.4 Å². The minimum Gasteiger partial charge on any atom is -0.490 e. The number of hydrogen-bond acceptors (Lipinski definition) is 6. The van der Waals surface area contributed by atoms with Crippen molar-refractivity contribution in [1.29, 1.82) is 0 Å². The molecule has 0 saturated carbocycles. The van der Waals surface area contributed by atoms with Crippen molar-refractivity contribution in [2.24, 2.45) is 0 Å². The van der Waals surface area contributed by atoms with Gasteiger partial charge in [-0.3, -0.25) is 0 Å². The third-order valence-electron chi connectivity index (χ3n) is 14.2. The van der Waals surface area contributed by atoms with Gasteiger partial charge in [0.15, 0.2) is 0 Å². The monoisotopic (exact) mass is 849 g/mol. The second-order valence-corrected chi connectivity index (χ2v) is 21.5. The van der Waals surface area contributed by atoms with Crippen LogP contribution in [-0.2, 0) is 47.0 Å². The van der Waals surface area contributed by atoms with Crippen LogP contribution in [0.25, 0.3) is 0 Å². The molecule has 0 aromatic heterocycles. The van der Waals surface area contributed by atoms with Gasteiger partial charge in [0.05, 0.1) is 13.2 Å². The highest BCUT2D eigenvalue weighted by Gasteiger charge is 2.38. The van der Waals surface area contributed by atoms with Crippen molar-refractivity contribution >= 4 is 0 Å². The van der Waals surface area contributed by atoms with Crippen molar-refractivity contribution in [2.45, 2.75) is 238 Å². The predicted molar refractivity (Wildman–Crippen MR) is 256 cm³/mol. The van der Waals surface area contributed by atoms with Crippen LogP contribution in [0, 0.1) is 0 Å². The third kappa shape index (κ3) is 15.0. The van der Waals surface area contributed by atoms with Crippen LogP contribution in [0.4, 0.5) is 0 Å². The first-order valence-electron chi connectivity index (χ1n) is 24.9. The lowest BCUT2D eigenvalue weighted by molar-refractivity contribution is 0.0361. The van der Waals surface area contributed by atoms with E-state index in [0.717, 1.165) is 56.8 Å². The smallest absolute Gasteiger partial charge is 0.126 e. The first-order chi connectivity index (χ1) is 29.0. The molecule has 0 aliphatic carbocycles. The highest BCUT2D eigenvalue weighted by Crippen LogP contribution is 2.48. The molecule has 61 heavy (non-hydrogen) atoms. The summed E-state index contributed by atoms with van der Waals surface area (Å²) in [7, 11) is 3.58. The van der Waals surface area contributed by atoms with E-state index in [1.807, 2.05) is 0 Å². The Morgan fingerprint density at radius 1 is 0.475 bits per heavy atom. The third-order valence-corrected chi connectivity index (χ3v) is 14.2. The fourth-order valence-electron chi connectivity index (χ4n) is 9.47. The van der Waals surface area contributed by atoms with Gasteiger partial charge in [0.1, 0.15) is 49.1 Å². The van der Waals surface area contributed by atoms with Crippen molar-refractivity contribution in [3.05, 3.63) is 57.6 Å². The lowest BCUT2D eigenvalue weighted by atomic mass is 9.71. The molecule has 4 atom stereocenters. The van der Waals surface area contributed by atoms with Crippen molar-refractivity contribution in [3.63, 3.8) is 0 Å². The van der Waals surface area contributed by atoms with Gasteiger partial charge in [-0.05, 0) is 64.9 Å². The Hall–Kier alpha value is -2.12. The summed E-state index contributed by atoms with van der Waals surface area (Å²) in [6.07, 6.45) is 19.9. The van der Waals surface area contributed by atoms with Gasteiger partial charge in [-0.15, -0.1) is 0 Å². The van der Waals surface area contributed by atoms with Crippen LogP contribution in [0.5, 0.6) is 11.5 Å². The molecule has 0 amide bonds. The first kappa shape index (κ1) is 51.5. The average Bonchev–Trinajstić information content (AvgIpc) is 4.15. The van der Waals surface area contributed by atoms with Crippen molar-refractivity contribution in [3.8, 4) is 11.5 Å². The number of rotatable bonds is 32. The molecule has 0 radical (unpaired) electrons. The van der Waals surface area contributed by atoms with Crippen LogP contribution >= 0.6 is 0 Å². The van der Waals surface area contributed by atoms with Crippen molar-refractivity contribution < 1.29 is 28.4 Å². The molecule has 2 saturated heterocycles. The summed E-state index contributed by atoms with van der Waals surface area (Å²) in [5.74, 6) is 2.14. The number of ether oxygens (including phenoxy) is 6. The molecule has 0 bridgehead atoms. The fourth-order valence-corrected chi connectivity index (χ4v) is 9.47. The van der Waals surface area contributed by atoms with E-state index in [1.54, 1.807) is 14.2 Å². The van der Waals surface area contributed by atoms with Gasteiger partial charge in [-0.25, -0.2) is 0 Å². The first-order valence-corrected chi connectivity index (χ1v) is 24.9. The lowest BCUT2D eigenvalue weighted by Crippen LogP contribution is -2.30. The van der Waals surface area contributed by atoms with Crippen molar-refractivity contribution in [1.82, 2.24) is 0 Å². The maximum atomic E-state index is 7.09. The number of benzene rings is 2. The Balaban J connectivity index is 1.95. The standard InChI is InChI=1S/C55H92O6/c1-15-19-23-27-52(5,6)42-32-40(33-43(53(7,8)28-24-20-16-2)50(42)60-36-46(56-13)48-38-58-48)31-41-34-44(54(9,10)29-25-21-17-3)51(61-37-47(57-14)49-39-59-49)45(35-41)55(11,12)30-26-22-18-4/h32-35,46-49H,15-31,36-39H2,1-14H3. The number of unbranched alkanes of at least 4 members (excludes halogenated alkanes) is 8. The molecule has 4 unspecified atom stereocenters. The Morgan fingerprint density at radius 3 is 0.951 bits per heavy atom. The normalized spacial score (nSPS) is 18.0. The highest BCUT2D eigenvalue weighted by molar-refractivity contribution is 5.55. The Labute approximate surface area is 375 Å². The van der Waals surface area contributed by atoms with E-state index in [9.17, 15) is 0 Å². The molecule has 2 aliphatic rings. The van der Waals surface area contributed by atoms with Crippen LogP contribution in [-0.4, -0.2) is 65.1 Å². The van der Waals surface area contributed by atoms with E-state index in [2.05, 4.69) is 107 Å². The molecule has 2 aromatic rings. The lowest BCUT2D eigenvalue weighted by Gasteiger charge is -2.36. The summed E-state index contributed by atoms with van der Waals surface area (Å²) >= 11 is 0. The van der Waals surface area contributed by atoms with E-state index in [-0.39, 0.29) is 46.1 Å². The molecule has 348 valence electrons. The predicted octanol–water partition coefficient (Wildman–Crippen LogP) is 14.3. The summed E-state index contributed by atoms with van der Waals surface area (Å²) in [6.45, 7) is 31.2. The molecule has 6 nitrogen and oxygen atoms in total. The zero-order valence-electron chi connectivity index (χ0n) is 41.9. The molecular weight excluding hydrogens is 757 g/mol. The summed E-state index contributed by atoms with van der Waals surface area (Å²) in [4.78, 5) is 0. The molecular formula is C55H92O6. The summed E-state index contributed by atoms with van der Waals surface area (Å²) < 4.78 is 37.5. The number of epoxide rings is 2. The number of hydrogen-bond donors (Lipinski definition) is 0. The summed E-state index contributed by atoms with van der Waals surface area (Å²) in [5, 5.41) is 0. The van der Waals surface area contributed by atoms with Crippen LogP contribution in [0.3, 0.4) is 0 Å². The minimum absolute atomic E-state index is 0.0763. The zero-order valence-corrected chi connectivity index (χ0v) is 41.9. The Morgan fingerprint density at radius 2 is 0.738 bits per heavy atom. The van der Waals surface area contributed by atoms with Crippen LogP contribution in [0.1, 0.15) is 219 Å². The maximum absolute atomic E-state index is 7.09. The van der Waals surface area contributed by atoms with E-state index in [1.165, 1.54) is 110 Å². The van der Waals surface area contributed by atoms with Gasteiger partial charge in [-0.1, -0.05) is 184 Å². The second-order valence-electron chi connectivity index (χ2n) is 21.5. The molecule has 2 aromatic carbocycles. The van der Waals surface area contributed by atoms with Gasteiger partial charge < -0.3 is 28.4 Å². The summed E-state index contributed by atoms with van der Waals surface area (Å²) in [5.41, 5.74) is 7.75. The SMILES string of the molecule is CCCCCC(C)(C)c1cc(Cc2cc(C(C)(C)CCCCC)c(OCC(OC)C3CO3)c(C(C)(C)CCCCC)c2)cc(C(C)(C)CCCCC)c1OCC(OC)C1CO1. The average molecular weight is 849 g/mol. The van der Waals surface area contributed by atoms with Gasteiger partial charge in [-0.2, -0.15) is 0 Å². The molecule has 2 fully saturated rings. The molecule has 0 N–H and O–H groups in total. The molecule has 0 spiro atoms. The topological polar surface area (TPSA) is 62.0 Å². The molecule has 6 heteroatoms. The highest BCUT2D eigenvalue weighted by atomic mass is 16.6. The van der Waals surface area contributed by atoms with Crippen LogP contribution in [0.2, 0.25) is 0 Å². The van der Waals surface area contributed by atoms with Crippen LogP contribution < -0.4 is 9.47 Å². The van der Waals surface area contributed by atoms with Gasteiger partial charge >= 0.3 is 0 Å². The Kier molecular flexibility index (Phi) is 20.0. The maximum Gasteiger partial charge on any atom is 0.126 e. The molecule has 2 aliphatic heterocycles. The number of methoxy groups -OCH3 is 2. The summed E-state index contributed by atoms with van der Waals surface area (Å²) in [6, 6.07) is 10.1. The van der Waals surface area contributed by atoms with Crippen LogP contribution in [0.15, 0.2) is 24.3 Å². The second kappa shape index (κ2) is 23.7. The van der Waals surface area contributed by atoms with Gasteiger partial charge in [0, 0.05) is 36.5 Å². The largest absolute Gasteiger partial charge is 0.490 e. The fraction of sp³-hybridized carbons (Fsp3) is 0.782. The van der Waals surface area contributed by atoms with E-state index in [0.29, 0.717) is 13.2 Å². The quantitative estimate of drug-likeness (QED) is 0.0540. The minimum atomic E-state index is -0.0818. The molecule has 4 rings (SSSR count). The molecule has 2 heterocycles. The van der Waals surface area contributed by atoms with Gasteiger partial charge in [0.2, 0.25) is 0 Å². The zero-order chi connectivity index (χ0) is 44.8. The Bertz CT molecular complexity index is 1390. The van der Waals surface area contributed by atoms with Gasteiger partial charge in [0.25, 0.3) is 0 Å². The van der Waals surface area contributed by atoms with E-state index < -0.39 is 0 Å². The van der Waals surface area contributed by atoms with Crippen molar-refractivity contribution in [2.75, 3.05) is 40.6 Å². The van der Waals surface area contributed by atoms with E-state index >= 15 is 0 Å².